The zero-order chi connectivity index (χ0) is 40.0. The Kier molecular flexibility index (Phi) is 14.1. The fourth-order valence-electron chi connectivity index (χ4n) is 7.29. The van der Waals surface area contributed by atoms with Gasteiger partial charge in [-0.05, 0) is 54.0 Å². The highest BCUT2D eigenvalue weighted by Gasteiger charge is 2.62. The number of carbonyl (C=O) groups excluding carboxylic acids is 4. The Hall–Kier alpha value is -4.26. The first-order chi connectivity index (χ1) is 25.4. The molecular weight excluding hydrogens is 692 g/mol. The van der Waals surface area contributed by atoms with Crippen LogP contribution in [0.1, 0.15) is 89.5 Å². The largest absolute Gasteiger partial charge is 0.457 e. The predicted molar refractivity (Wildman–Crippen MR) is 200 cm³/mol. The molecule has 4 rings (SSSR count). The molecule has 2 aliphatic carbocycles. The van der Waals surface area contributed by atoms with Gasteiger partial charge in [0.1, 0.15) is 17.8 Å². The van der Waals surface area contributed by atoms with E-state index in [0.717, 1.165) is 0 Å². The molecule has 0 saturated heterocycles. The smallest absolute Gasteiger partial charge is 0.340 e. The molecule has 2 aromatic heterocycles. The lowest BCUT2D eigenvalue weighted by molar-refractivity contribution is -0.171. The second kappa shape index (κ2) is 17.9. The van der Waals surface area contributed by atoms with E-state index in [0.29, 0.717) is 6.61 Å². The number of rotatable bonds is 11. The Bertz CT molecular complexity index is 1660. The van der Waals surface area contributed by atoms with Crippen LogP contribution in [0.4, 0.5) is 0 Å². The van der Waals surface area contributed by atoms with Crippen LogP contribution in [-0.4, -0.2) is 88.1 Å². The molecule has 54 heavy (non-hydrogen) atoms. The number of nitrogens with zero attached hydrogens (tertiary/aromatic N) is 2. The van der Waals surface area contributed by atoms with E-state index in [9.17, 15) is 24.3 Å². The fourth-order valence-corrected chi connectivity index (χ4v) is 7.29. The van der Waals surface area contributed by atoms with Gasteiger partial charge >= 0.3 is 17.9 Å². The molecular formula is C42H56N2O10. The lowest BCUT2D eigenvalue weighted by atomic mass is 9.72. The van der Waals surface area contributed by atoms with Gasteiger partial charge in [-0.3, -0.25) is 19.6 Å². The van der Waals surface area contributed by atoms with E-state index < -0.39 is 77.1 Å². The van der Waals surface area contributed by atoms with Crippen LogP contribution in [-0.2, 0) is 33.3 Å². The summed E-state index contributed by atoms with van der Waals surface area (Å²) in [5.74, 6) is -4.98. The number of aromatic nitrogens is 2. The number of carbonyl (C=O) groups is 4. The number of fused-ring (bicyclic) bond motifs is 1. The molecule has 0 aliphatic heterocycles. The summed E-state index contributed by atoms with van der Waals surface area (Å²) in [6, 6.07) is 6.27. The molecule has 1 fully saturated rings. The van der Waals surface area contributed by atoms with Crippen molar-refractivity contribution < 1.29 is 48.0 Å². The van der Waals surface area contributed by atoms with Gasteiger partial charge in [0.15, 0.2) is 18.0 Å². The van der Waals surface area contributed by atoms with Crippen LogP contribution in [0.5, 0.6) is 0 Å². The second-order valence-electron chi connectivity index (χ2n) is 16.1. The van der Waals surface area contributed by atoms with E-state index in [4.69, 9.17) is 23.7 Å². The first kappa shape index (κ1) is 42.5. The number of esters is 3. The molecule has 0 radical (unpaired) electrons. The first-order valence-corrected chi connectivity index (χ1v) is 18.6. The molecule has 1 N–H and O–H groups in total. The van der Waals surface area contributed by atoms with Gasteiger partial charge in [-0.2, -0.15) is 0 Å². The van der Waals surface area contributed by atoms with Gasteiger partial charge < -0.3 is 28.8 Å². The zero-order valence-electron chi connectivity index (χ0n) is 32.9. The van der Waals surface area contributed by atoms with Crippen molar-refractivity contribution in [3.8, 4) is 0 Å². The molecule has 9 atom stereocenters. The number of Topliss-reactive ketones (excluding diaryl/α,β-unsaturated/α-hetero) is 1. The molecule has 12 nitrogen and oxygen atoms in total. The third kappa shape index (κ3) is 9.88. The van der Waals surface area contributed by atoms with Crippen LogP contribution >= 0.6 is 0 Å². The Morgan fingerprint density at radius 1 is 0.870 bits per heavy atom. The maximum atomic E-state index is 14.5. The molecule has 2 heterocycles. The minimum atomic E-state index is -2.02. The fraction of sp³-hybridized carbons (Fsp3) is 0.571. The summed E-state index contributed by atoms with van der Waals surface area (Å²) in [5.41, 5.74) is -2.81. The Labute approximate surface area is 318 Å². The van der Waals surface area contributed by atoms with Crippen molar-refractivity contribution in [3.05, 3.63) is 84.5 Å². The molecule has 294 valence electrons. The van der Waals surface area contributed by atoms with Crippen molar-refractivity contribution in [1.82, 2.24) is 9.97 Å². The quantitative estimate of drug-likeness (QED) is 0.163. The summed E-state index contributed by atoms with van der Waals surface area (Å²) in [4.78, 5) is 63.6. The zero-order valence-corrected chi connectivity index (χ0v) is 32.9. The van der Waals surface area contributed by atoms with Crippen LogP contribution in [0.15, 0.2) is 73.4 Å². The van der Waals surface area contributed by atoms with E-state index in [1.54, 1.807) is 51.1 Å². The van der Waals surface area contributed by atoms with Crippen molar-refractivity contribution >= 4 is 23.7 Å². The van der Waals surface area contributed by atoms with Crippen molar-refractivity contribution in [2.45, 2.75) is 105 Å². The number of pyridine rings is 2. The summed E-state index contributed by atoms with van der Waals surface area (Å²) >= 11 is 0. The van der Waals surface area contributed by atoms with Gasteiger partial charge in [-0.25, -0.2) is 9.59 Å². The molecule has 1 saturated carbocycles. The summed E-state index contributed by atoms with van der Waals surface area (Å²) in [6.07, 6.45) is 3.02. The van der Waals surface area contributed by atoms with E-state index >= 15 is 0 Å². The van der Waals surface area contributed by atoms with Gasteiger partial charge in [-0.15, -0.1) is 0 Å². The maximum absolute atomic E-state index is 14.5. The maximum Gasteiger partial charge on any atom is 0.340 e. The van der Waals surface area contributed by atoms with E-state index in [1.807, 2.05) is 34.6 Å². The highest BCUT2D eigenvalue weighted by Crippen LogP contribution is 2.49. The summed E-state index contributed by atoms with van der Waals surface area (Å²) < 4.78 is 31.8. The molecule has 3 unspecified atom stereocenters. The molecule has 12 heteroatoms. The molecule has 0 bridgehead atoms. The van der Waals surface area contributed by atoms with Gasteiger partial charge in [0.05, 0.1) is 23.1 Å². The number of hydrogen-bond acceptors (Lipinski definition) is 12. The summed E-state index contributed by atoms with van der Waals surface area (Å²) in [6.45, 7) is 21.0. The molecule has 2 aliphatic rings. The number of ether oxygens (including phenoxy) is 5. The third-order valence-electron chi connectivity index (χ3n) is 9.94. The van der Waals surface area contributed by atoms with E-state index in [-0.39, 0.29) is 47.5 Å². The number of allylic oxidation sites excluding steroid dienone is 1. The molecule has 0 spiro atoms. The van der Waals surface area contributed by atoms with Crippen LogP contribution in [0.3, 0.4) is 0 Å². The van der Waals surface area contributed by atoms with Crippen molar-refractivity contribution in [2.75, 3.05) is 13.2 Å². The van der Waals surface area contributed by atoms with Gasteiger partial charge in [0.25, 0.3) is 0 Å². The normalized spacial score (nSPS) is 30.5. The standard InChI is InChI=1S/C42H56N2O10/c1-24(2)22-50-33-27(6)19-42(49)32(33)34(52-29(8)45)28(7)35(51-23-25(3)4)36(53-39(47)30-13-11-17-43-20-30)38(41(9,10)16-15-26(5)37(42)46)54-40(48)31-14-12-18-44-21-31/h11-18,20-21,24-27,32-36,38,49H,7,19,22-23H2,1-6,8-10H3/b16-15-/t26-,27?,32-,33+,34?,35+,36-,38?,42-/m1/s1. The highest BCUT2D eigenvalue weighted by molar-refractivity contribution is 5.92. The lowest BCUT2D eigenvalue weighted by Crippen LogP contribution is -2.58. The Balaban J connectivity index is 2.03. The van der Waals surface area contributed by atoms with Gasteiger partial charge in [0.2, 0.25) is 0 Å². The topological polar surface area (TPSA) is 160 Å². The van der Waals surface area contributed by atoms with Crippen LogP contribution in [0, 0.1) is 35.0 Å². The van der Waals surface area contributed by atoms with Crippen LogP contribution in [0.25, 0.3) is 0 Å². The Morgan fingerprint density at radius 2 is 1.43 bits per heavy atom. The molecule has 2 aromatic rings. The minimum Gasteiger partial charge on any atom is -0.457 e. The highest BCUT2D eigenvalue weighted by atomic mass is 16.6. The molecule has 0 aromatic carbocycles. The monoisotopic (exact) mass is 748 g/mol. The van der Waals surface area contributed by atoms with Crippen LogP contribution < -0.4 is 0 Å². The number of aliphatic hydroxyl groups is 1. The predicted octanol–water partition coefficient (Wildman–Crippen LogP) is 5.99. The van der Waals surface area contributed by atoms with E-state index in [2.05, 4.69) is 16.5 Å². The summed E-state index contributed by atoms with van der Waals surface area (Å²) in [5, 5.41) is 12.6. The Morgan fingerprint density at radius 3 is 1.94 bits per heavy atom. The second-order valence-corrected chi connectivity index (χ2v) is 16.1. The van der Waals surface area contributed by atoms with Gasteiger partial charge in [0, 0.05) is 56.3 Å². The molecule has 0 amide bonds. The average Bonchev–Trinajstić information content (AvgIpc) is 3.39. The minimum absolute atomic E-state index is 0.0359. The summed E-state index contributed by atoms with van der Waals surface area (Å²) in [7, 11) is 0. The average molecular weight is 749 g/mol. The third-order valence-corrected chi connectivity index (χ3v) is 9.94. The van der Waals surface area contributed by atoms with Crippen LogP contribution in [0.2, 0.25) is 0 Å². The van der Waals surface area contributed by atoms with Gasteiger partial charge in [-0.1, -0.05) is 74.1 Å². The van der Waals surface area contributed by atoms with Crippen molar-refractivity contribution in [3.63, 3.8) is 0 Å². The number of ketones is 1. The van der Waals surface area contributed by atoms with Crippen molar-refractivity contribution in [2.24, 2.45) is 35.0 Å². The number of hydrogen-bond donors (Lipinski definition) is 1. The van der Waals surface area contributed by atoms with E-state index in [1.165, 1.54) is 37.8 Å². The first-order valence-electron chi connectivity index (χ1n) is 18.6. The lowest BCUT2D eigenvalue weighted by Gasteiger charge is -2.44. The SMILES string of the molecule is C=C1C(OC(C)=O)[C@H]2[C@@H](OCC(C)C)C(C)C[C@]2(O)C(=O)[C@H](C)/C=C\C(C)(C)C(OC(=O)c2cccnc2)[C@H](OC(=O)c2cccnc2)[C@H]1OCC(C)C. The van der Waals surface area contributed by atoms with Crippen molar-refractivity contribution in [1.29, 1.82) is 0 Å².